The van der Waals surface area contributed by atoms with Gasteiger partial charge in [0.05, 0.1) is 15.7 Å². The second-order valence-electron chi connectivity index (χ2n) is 5.91. The molecule has 0 saturated carbocycles. The number of carbonyl (C=O) groups is 1. The van der Waals surface area contributed by atoms with E-state index in [1.807, 2.05) is 30.0 Å². The van der Waals surface area contributed by atoms with Crippen molar-refractivity contribution in [3.63, 3.8) is 0 Å². The highest BCUT2D eigenvalue weighted by molar-refractivity contribution is 6.43. The fourth-order valence-electron chi connectivity index (χ4n) is 2.72. The Morgan fingerprint density at radius 2 is 1.88 bits per heavy atom. The zero-order valence-electron chi connectivity index (χ0n) is 14.1. The van der Waals surface area contributed by atoms with E-state index in [-0.39, 0.29) is 5.91 Å². The summed E-state index contributed by atoms with van der Waals surface area (Å²) in [6.07, 6.45) is 0. The molecule has 0 spiro atoms. The summed E-state index contributed by atoms with van der Waals surface area (Å²) >= 11 is 12.3. The molecule has 1 saturated heterocycles. The average molecular weight is 380 g/mol. The van der Waals surface area contributed by atoms with Crippen LogP contribution in [-0.2, 0) is 4.79 Å². The third kappa shape index (κ3) is 4.14. The Labute approximate surface area is 156 Å². The summed E-state index contributed by atoms with van der Waals surface area (Å²) in [5, 5.41) is 4.14. The number of nitrogens with zero attached hydrogens (tertiary/aromatic N) is 4. The molecule has 1 fully saturated rings. The van der Waals surface area contributed by atoms with Gasteiger partial charge in [-0.3, -0.25) is 4.79 Å². The normalized spacial score (nSPS) is 14.6. The van der Waals surface area contributed by atoms with Gasteiger partial charge in [0.2, 0.25) is 11.9 Å². The highest BCUT2D eigenvalue weighted by atomic mass is 35.5. The maximum absolute atomic E-state index is 11.5. The molecule has 0 bridgehead atoms. The summed E-state index contributed by atoms with van der Waals surface area (Å²) in [4.78, 5) is 24.5. The number of rotatable bonds is 3. The third-order valence-electron chi connectivity index (χ3n) is 4.06. The lowest BCUT2D eigenvalue weighted by Gasteiger charge is -2.34. The minimum absolute atomic E-state index is 0.0998. The number of aromatic nitrogens is 2. The first-order valence-electron chi connectivity index (χ1n) is 8.01. The number of benzene rings is 1. The number of hydrogen-bond acceptors (Lipinski definition) is 5. The highest BCUT2D eigenvalue weighted by Gasteiger charge is 2.21. The van der Waals surface area contributed by atoms with Crippen molar-refractivity contribution in [3.05, 3.63) is 40.0 Å². The van der Waals surface area contributed by atoms with E-state index < -0.39 is 0 Å². The molecule has 1 aliphatic rings. The lowest BCUT2D eigenvalue weighted by atomic mass is 10.3. The molecule has 1 aromatic carbocycles. The summed E-state index contributed by atoms with van der Waals surface area (Å²) < 4.78 is 0. The van der Waals surface area contributed by atoms with E-state index in [1.54, 1.807) is 13.0 Å². The maximum atomic E-state index is 11.5. The number of carbonyl (C=O) groups excluding carboxylic acids is 1. The van der Waals surface area contributed by atoms with E-state index in [4.69, 9.17) is 23.2 Å². The second kappa shape index (κ2) is 7.45. The molecule has 0 unspecified atom stereocenters. The summed E-state index contributed by atoms with van der Waals surface area (Å²) in [5.41, 5.74) is 1.54. The van der Waals surface area contributed by atoms with E-state index >= 15 is 0 Å². The Kier molecular flexibility index (Phi) is 5.30. The lowest BCUT2D eigenvalue weighted by Crippen LogP contribution is -2.48. The molecule has 132 valence electrons. The number of amides is 1. The minimum Gasteiger partial charge on any atom is -0.339 e. The van der Waals surface area contributed by atoms with Crippen molar-refractivity contribution < 1.29 is 4.79 Å². The van der Waals surface area contributed by atoms with Crippen LogP contribution in [0, 0.1) is 6.92 Å². The van der Waals surface area contributed by atoms with Gasteiger partial charge in [0.1, 0.15) is 5.82 Å². The molecule has 1 N–H and O–H groups in total. The summed E-state index contributed by atoms with van der Waals surface area (Å²) in [6, 6.07) is 7.26. The molecule has 1 amide bonds. The standard InChI is InChI=1S/C17H19Cl2N5O/c1-11-10-15(21-14-5-3-4-13(18)16(14)19)22-17(20-11)24-8-6-23(7-9-24)12(2)25/h3-5,10H,6-9H2,1-2H3,(H,20,21,22). The van der Waals surface area contributed by atoms with Gasteiger partial charge >= 0.3 is 0 Å². The molecule has 25 heavy (non-hydrogen) atoms. The van der Waals surface area contributed by atoms with E-state index in [2.05, 4.69) is 20.2 Å². The van der Waals surface area contributed by atoms with E-state index in [0.717, 1.165) is 5.69 Å². The van der Waals surface area contributed by atoms with Crippen molar-refractivity contribution in [1.82, 2.24) is 14.9 Å². The monoisotopic (exact) mass is 379 g/mol. The molecule has 8 heteroatoms. The Bertz CT molecular complexity index is 791. The predicted molar refractivity (Wildman–Crippen MR) is 101 cm³/mol. The van der Waals surface area contributed by atoms with Crippen LogP contribution in [0.5, 0.6) is 0 Å². The van der Waals surface area contributed by atoms with Crippen molar-refractivity contribution in [2.24, 2.45) is 0 Å². The molecule has 1 aliphatic heterocycles. The van der Waals surface area contributed by atoms with Gasteiger partial charge in [-0.15, -0.1) is 0 Å². The van der Waals surface area contributed by atoms with Crippen molar-refractivity contribution in [3.8, 4) is 0 Å². The zero-order valence-corrected chi connectivity index (χ0v) is 15.6. The Morgan fingerprint density at radius 1 is 1.16 bits per heavy atom. The quantitative estimate of drug-likeness (QED) is 0.883. The van der Waals surface area contributed by atoms with Gasteiger partial charge in [0.25, 0.3) is 0 Å². The van der Waals surface area contributed by atoms with E-state index in [1.165, 1.54) is 0 Å². The molecule has 0 atom stereocenters. The van der Waals surface area contributed by atoms with Crippen LogP contribution < -0.4 is 10.2 Å². The van der Waals surface area contributed by atoms with Crippen molar-refractivity contribution >= 4 is 46.6 Å². The van der Waals surface area contributed by atoms with Gasteiger partial charge in [-0.25, -0.2) is 4.98 Å². The molecule has 6 nitrogen and oxygen atoms in total. The summed E-state index contributed by atoms with van der Waals surface area (Å²) in [7, 11) is 0. The fourth-order valence-corrected chi connectivity index (χ4v) is 3.07. The Morgan fingerprint density at radius 3 is 2.56 bits per heavy atom. The van der Waals surface area contributed by atoms with Crippen LogP contribution in [0.3, 0.4) is 0 Å². The van der Waals surface area contributed by atoms with Gasteiger partial charge in [-0.1, -0.05) is 29.3 Å². The molecule has 1 aromatic heterocycles. The molecule has 3 rings (SSSR count). The number of hydrogen-bond donors (Lipinski definition) is 1. The van der Waals surface area contributed by atoms with Crippen LogP contribution in [-0.4, -0.2) is 47.0 Å². The van der Waals surface area contributed by atoms with Crippen LogP contribution >= 0.6 is 23.2 Å². The number of aryl methyl sites for hydroxylation is 1. The van der Waals surface area contributed by atoms with E-state index in [9.17, 15) is 4.79 Å². The van der Waals surface area contributed by atoms with Crippen LogP contribution in [0.2, 0.25) is 10.0 Å². The van der Waals surface area contributed by atoms with Gasteiger partial charge in [-0.2, -0.15) is 4.98 Å². The van der Waals surface area contributed by atoms with Gasteiger partial charge < -0.3 is 15.1 Å². The molecule has 0 radical (unpaired) electrons. The number of anilines is 3. The molecule has 0 aliphatic carbocycles. The first kappa shape index (κ1) is 17.8. The largest absolute Gasteiger partial charge is 0.339 e. The van der Waals surface area contributed by atoms with Gasteiger partial charge in [0.15, 0.2) is 0 Å². The highest BCUT2D eigenvalue weighted by Crippen LogP contribution is 2.31. The summed E-state index contributed by atoms with van der Waals surface area (Å²) in [6.45, 7) is 6.28. The molecule has 2 heterocycles. The van der Waals surface area contributed by atoms with Crippen LogP contribution in [0.15, 0.2) is 24.3 Å². The Hall–Kier alpha value is -2.05. The fraction of sp³-hybridized carbons (Fsp3) is 0.353. The van der Waals surface area contributed by atoms with Gasteiger partial charge in [0, 0.05) is 44.9 Å². The van der Waals surface area contributed by atoms with Crippen molar-refractivity contribution in [1.29, 1.82) is 0 Å². The maximum Gasteiger partial charge on any atom is 0.227 e. The predicted octanol–water partition coefficient (Wildman–Crippen LogP) is 3.50. The van der Waals surface area contributed by atoms with Crippen molar-refractivity contribution in [2.75, 3.05) is 36.4 Å². The molecular weight excluding hydrogens is 361 g/mol. The number of nitrogens with one attached hydrogen (secondary N) is 1. The van der Waals surface area contributed by atoms with Crippen LogP contribution in [0.1, 0.15) is 12.6 Å². The van der Waals surface area contributed by atoms with Crippen LogP contribution in [0.25, 0.3) is 0 Å². The lowest BCUT2D eigenvalue weighted by molar-refractivity contribution is -0.129. The molecular formula is C17H19Cl2N5O. The Balaban J connectivity index is 1.79. The average Bonchev–Trinajstić information content (AvgIpc) is 2.58. The topological polar surface area (TPSA) is 61.4 Å². The number of halogens is 2. The SMILES string of the molecule is CC(=O)N1CCN(c2nc(C)cc(Nc3cccc(Cl)c3Cl)n2)CC1. The van der Waals surface area contributed by atoms with Crippen LogP contribution in [0.4, 0.5) is 17.5 Å². The minimum atomic E-state index is 0.0998. The van der Waals surface area contributed by atoms with Crippen molar-refractivity contribution in [2.45, 2.75) is 13.8 Å². The number of piperazine rings is 1. The second-order valence-corrected chi connectivity index (χ2v) is 6.70. The zero-order chi connectivity index (χ0) is 18.0. The molecule has 2 aromatic rings. The van der Waals surface area contributed by atoms with E-state index in [0.29, 0.717) is 53.7 Å². The first-order chi connectivity index (χ1) is 11.9. The summed E-state index contributed by atoms with van der Waals surface area (Å²) in [5.74, 6) is 1.40. The van der Waals surface area contributed by atoms with Gasteiger partial charge in [-0.05, 0) is 19.1 Å². The smallest absolute Gasteiger partial charge is 0.227 e. The first-order valence-corrected chi connectivity index (χ1v) is 8.77. The third-order valence-corrected chi connectivity index (χ3v) is 4.88.